The molecule has 9 heteroatoms. The van der Waals surface area contributed by atoms with Crippen molar-refractivity contribution in [2.24, 2.45) is 0 Å². The van der Waals surface area contributed by atoms with Crippen molar-refractivity contribution in [3.8, 4) is 11.5 Å². The predicted octanol–water partition coefficient (Wildman–Crippen LogP) is 7.48. The normalized spacial score (nSPS) is 11.8. The number of phenolic OH excluding ortho intramolecular Hbond substituents is 1. The van der Waals surface area contributed by atoms with E-state index in [1.165, 1.54) is 19.1 Å². The molecule has 3 nitrogen and oxygen atoms in total. The van der Waals surface area contributed by atoms with Crippen molar-refractivity contribution in [2.75, 3.05) is 0 Å². The number of nitrogens with zero attached hydrogens (tertiary/aromatic N) is 1. The first-order valence-electron chi connectivity index (χ1n) is 9.86. The van der Waals surface area contributed by atoms with E-state index in [1.54, 1.807) is 6.92 Å². The largest absolute Gasteiger partial charge is 0.504 e. The van der Waals surface area contributed by atoms with E-state index >= 15 is 0 Å². The van der Waals surface area contributed by atoms with Gasteiger partial charge in [0.2, 0.25) is 0 Å². The van der Waals surface area contributed by atoms with Crippen LogP contribution in [0.3, 0.4) is 0 Å². The molecule has 1 aromatic heterocycles. The Kier molecular flexibility index (Phi) is 9.65. The quantitative estimate of drug-likeness (QED) is 0.463. The number of alkyl halides is 6. The SMILES string of the molecule is CCCC(CCC)Oc1ccc(C(F)(F)F)cc1O.Cc1cc(C)c(C(F)(F)F)cn1. The van der Waals surface area contributed by atoms with Gasteiger partial charge in [0.1, 0.15) is 0 Å². The zero-order valence-electron chi connectivity index (χ0n) is 17.9. The number of ether oxygens (including phenoxy) is 1. The highest BCUT2D eigenvalue weighted by Crippen LogP contribution is 2.36. The molecular formula is C22H27F6NO2. The highest BCUT2D eigenvalue weighted by Gasteiger charge is 2.33. The summed E-state index contributed by atoms with van der Waals surface area (Å²) in [4.78, 5) is 3.59. The van der Waals surface area contributed by atoms with Crippen LogP contribution in [0.25, 0.3) is 0 Å². The molecule has 0 spiro atoms. The summed E-state index contributed by atoms with van der Waals surface area (Å²) in [5.74, 6) is -0.355. The number of phenols is 1. The van der Waals surface area contributed by atoms with E-state index in [4.69, 9.17) is 4.74 Å². The first-order valence-corrected chi connectivity index (χ1v) is 9.86. The minimum Gasteiger partial charge on any atom is -0.504 e. The molecule has 31 heavy (non-hydrogen) atoms. The van der Waals surface area contributed by atoms with Crippen LogP contribution in [-0.4, -0.2) is 16.2 Å². The number of aromatic nitrogens is 1. The Balaban J connectivity index is 0.000000343. The molecule has 0 saturated heterocycles. The summed E-state index contributed by atoms with van der Waals surface area (Å²) in [7, 11) is 0. The van der Waals surface area contributed by atoms with E-state index in [0.29, 0.717) is 11.8 Å². The van der Waals surface area contributed by atoms with E-state index in [-0.39, 0.29) is 17.4 Å². The predicted molar refractivity (Wildman–Crippen MR) is 106 cm³/mol. The Morgan fingerprint density at radius 1 is 0.935 bits per heavy atom. The van der Waals surface area contributed by atoms with Crippen LogP contribution in [0, 0.1) is 13.8 Å². The van der Waals surface area contributed by atoms with Crippen molar-refractivity contribution in [1.82, 2.24) is 4.98 Å². The fraction of sp³-hybridized carbons (Fsp3) is 0.500. The summed E-state index contributed by atoms with van der Waals surface area (Å²) in [5.41, 5.74) is -0.719. The Bertz CT molecular complexity index is 828. The molecule has 0 aliphatic carbocycles. The van der Waals surface area contributed by atoms with Crippen LogP contribution >= 0.6 is 0 Å². The number of aromatic hydroxyl groups is 1. The average molecular weight is 451 g/mol. The summed E-state index contributed by atoms with van der Waals surface area (Å²) < 4.78 is 79.4. The zero-order chi connectivity index (χ0) is 23.8. The second-order valence-electron chi connectivity index (χ2n) is 7.14. The van der Waals surface area contributed by atoms with Crippen molar-refractivity contribution in [2.45, 2.75) is 71.8 Å². The minimum atomic E-state index is -4.46. The van der Waals surface area contributed by atoms with Gasteiger partial charge in [-0.25, -0.2) is 0 Å². The van der Waals surface area contributed by atoms with Crippen LogP contribution in [0.4, 0.5) is 26.3 Å². The molecule has 1 aromatic carbocycles. The Labute approximate surface area is 178 Å². The topological polar surface area (TPSA) is 42.4 Å². The van der Waals surface area contributed by atoms with Crippen molar-refractivity contribution < 1.29 is 36.2 Å². The van der Waals surface area contributed by atoms with E-state index in [0.717, 1.165) is 37.9 Å². The average Bonchev–Trinajstić information content (AvgIpc) is 2.62. The van der Waals surface area contributed by atoms with Gasteiger partial charge in [0.05, 0.1) is 17.2 Å². The zero-order valence-corrected chi connectivity index (χ0v) is 17.9. The lowest BCUT2D eigenvalue weighted by Crippen LogP contribution is -2.16. The molecule has 0 amide bonds. The van der Waals surface area contributed by atoms with Crippen LogP contribution in [-0.2, 0) is 12.4 Å². The lowest BCUT2D eigenvalue weighted by Gasteiger charge is -2.19. The summed E-state index contributed by atoms with van der Waals surface area (Å²) in [6.07, 6.45) is -4.48. The summed E-state index contributed by atoms with van der Waals surface area (Å²) in [5, 5.41) is 9.62. The number of pyridine rings is 1. The van der Waals surface area contributed by atoms with Crippen LogP contribution in [0.15, 0.2) is 30.5 Å². The third-order valence-electron chi connectivity index (χ3n) is 4.35. The lowest BCUT2D eigenvalue weighted by atomic mass is 10.1. The van der Waals surface area contributed by atoms with Crippen LogP contribution in [0.5, 0.6) is 11.5 Å². The van der Waals surface area contributed by atoms with E-state index < -0.39 is 29.2 Å². The second kappa shape index (κ2) is 11.2. The molecular weight excluding hydrogens is 424 g/mol. The minimum absolute atomic E-state index is 0.0716. The maximum Gasteiger partial charge on any atom is 0.418 e. The fourth-order valence-electron chi connectivity index (χ4n) is 2.87. The van der Waals surface area contributed by atoms with Crippen molar-refractivity contribution in [3.05, 3.63) is 52.8 Å². The Hall–Kier alpha value is -2.45. The summed E-state index contributed by atoms with van der Waals surface area (Å²) >= 11 is 0. The van der Waals surface area contributed by atoms with Gasteiger partial charge in [-0.05, 0) is 56.5 Å². The maximum atomic E-state index is 12.5. The van der Waals surface area contributed by atoms with E-state index in [2.05, 4.69) is 4.98 Å². The molecule has 0 saturated carbocycles. The molecule has 0 bridgehead atoms. The van der Waals surface area contributed by atoms with Crippen molar-refractivity contribution >= 4 is 0 Å². The standard InChI is InChI=1S/C14H19F3O2.C8H8F3N/c1-3-5-11(6-4-2)19-13-8-7-10(9-12(13)18)14(15,16)17;1-5-3-6(2)12-4-7(5)8(9,10)11/h7-9,11,18H,3-6H2,1-2H3;3-4H,1-2H3. The smallest absolute Gasteiger partial charge is 0.418 e. The number of benzene rings is 1. The van der Waals surface area contributed by atoms with Crippen molar-refractivity contribution in [3.63, 3.8) is 0 Å². The molecule has 2 rings (SSSR count). The molecule has 0 radical (unpaired) electrons. The van der Waals surface area contributed by atoms with Crippen LogP contribution in [0.2, 0.25) is 0 Å². The molecule has 0 atom stereocenters. The van der Waals surface area contributed by atoms with Gasteiger partial charge in [-0.1, -0.05) is 26.7 Å². The number of hydrogen-bond acceptors (Lipinski definition) is 3. The fourth-order valence-corrected chi connectivity index (χ4v) is 2.87. The van der Waals surface area contributed by atoms with Gasteiger partial charge in [0.15, 0.2) is 11.5 Å². The van der Waals surface area contributed by atoms with Crippen LogP contribution < -0.4 is 4.74 Å². The lowest BCUT2D eigenvalue weighted by molar-refractivity contribution is -0.138. The Morgan fingerprint density at radius 3 is 1.94 bits per heavy atom. The Morgan fingerprint density at radius 2 is 1.52 bits per heavy atom. The number of aryl methyl sites for hydroxylation is 2. The van der Waals surface area contributed by atoms with Gasteiger partial charge in [-0.3, -0.25) is 4.98 Å². The van der Waals surface area contributed by atoms with Gasteiger partial charge >= 0.3 is 12.4 Å². The van der Waals surface area contributed by atoms with Gasteiger partial charge in [0, 0.05) is 11.9 Å². The second-order valence-corrected chi connectivity index (χ2v) is 7.14. The highest BCUT2D eigenvalue weighted by atomic mass is 19.4. The maximum absolute atomic E-state index is 12.5. The van der Waals surface area contributed by atoms with Crippen molar-refractivity contribution in [1.29, 1.82) is 0 Å². The number of hydrogen-bond donors (Lipinski definition) is 1. The first kappa shape index (κ1) is 26.6. The highest BCUT2D eigenvalue weighted by molar-refractivity contribution is 5.42. The van der Waals surface area contributed by atoms with Crippen LogP contribution in [0.1, 0.15) is 61.9 Å². The van der Waals surface area contributed by atoms with E-state index in [9.17, 15) is 31.4 Å². The number of rotatable bonds is 6. The molecule has 0 fully saturated rings. The van der Waals surface area contributed by atoms with Gasteiger partial charge in [0.25, 0.3) is 0 Å². The first-order chi connectivity index (χ1) is 14.3. The third kappa shape index (κ3) is 8.67. The number of halogens is 6. The third-order valence-corrected chi connectivity index (χ3v) is 4.35. The molecule has 0 unspecified atom stereocenters. The van der Waals surface area contributed by atoms with E-state index in [1.807, 2.05) is 13.8 Å². The van der Waals surface area contributed by atoms with Gasteiger partial charge in [-0.2, -0.15) is 26.3 Å². The molecule has 174 valence electrons. The molecule has 0 aliphatic heterocycles. The molecule has 1 heterocycles. The molecule has 0 aliphatic rings. The molecule has 2 aromatic rings. The van der Waals surface area contributed by atoms with Gasteiger partial charge < -0.3 is 9.84 Å². The van der Waals surface area contributed by atoms with Gasteiger partial charge in [-0.15, -0.1) is 0 Å². The monoisotopic (exact) mass is 451 g/mol. The summed E-state index contributed by atoms with van der Waals surface area (Å²) in [6, 6.07) is 4.22. The molecule has 1 N–H and O–H groups in total. The summed E-state index contributed by atoms with van der Waals surface area (Å²) in [6.45, 7) is 7.11.